The van der Waals surface area contributed by atoms with Crippen LogP contribution in [0.5, 0.6) is 0 Å². The molecule has 2 N–H and O–H groups in total. The highest BCUT2D eigenvalue weighted by Gasteiger charge is 2.38. The van der Waals surface area contributed by atoms with E-state index in [9.17, 15) is 9.18 Å². The van der Waals surface area contributed by atoms with E-state index in [1.807, 2.05) is 42.5 Å². The van der Waals surface area contributed by atoms with Crippen LogP contribution in [0, 0.1) is 5.82 Å². The predicted molar refractivity (Wildman–Crippen MR) is 130 cm³/mol. The summed E-state index contributed by atoms with van der Waals surface area (Å²) in [6, 6.07) is 25.7. The maximum absolute atomic E-state index is 13.6. The lowest BCUT2D eigenvalue weighted by Crippen LogP contribution is -2.50. The van der Waals surface area contributed by atoms with Crippen molar-refractivity contribution in [2.45, 2.75) is 12.0 Å². The molecular weight excluding hydrogens is 460 g/mol. The predicted octanol–water partition coefficient (Wildman–Crippen LogP) is 6.84. The average Bonchev–Trinajstić information content (AvgIpc) is 2.80. The van der Waals surface area contributed by atoms with Gasteiger partial charge in [-0.25, -0.2) is 9.18 Å². The van der Waals surface area contributed by atoms with Gasteiger partial charge in [-0.1, -0.05) is 71.7 Å². The van der Waals surface area contributed by atoms with E-state index in [0.29, 0.717) is 27.8 Å². The lowest BCUT2D eigenvalue weighted by atomic mass is 9.80. The fourth-order valence-corrected chi connectivity index (χ4v) is 4.03. The third-order valence-corrected chi connectivity index (χ3v) is 5.66. The molecule has 1 aromatic heterocycles. The summed E-state index contributed by atoms with van der Waals surface area (Å²) in [7, 11) is 0. The highest BCUT2D eigenvalue weighted by Crippen LogP contribution is 2.34. The number of hydrogen-bond donors (Lipinski definition) is 2. The number of aromatic nitrogens is 1. The third kappa shape index (κ3) is 5.51. The van der Waals surface area contributed by atoms with Crippen molar-refractivity contribution in [3.8, 4) is 0 Å². The van der Waals surface area contributed by atoms with Gasteiger partial charge in [0, 0.05) is 23.3 Å². The van der Waals surface area contributed by atoms with Gasteiger partial charge in [0.1, 0.15) is 11.4 Å². The summed E-state index contributed by atoms with van der Waals surface area (Å²) in [5, 5.41) is 6.80. The number of anilines is 1. The number of rotatable bonds is 6. The van der Waals surface area contributed by atoms with E-state index in [-0.39, 0.29) is 0 Å². The number of pyridine rings is 1. The molecule has 0 aliphatic rings. The summed E-state index contributed by atoms with van der Waals surface area (Å²) in [5.74, 6) is -0.447. The smallest absolute Gasteiger partial charge is 0.320 e. The van der Waals surface area contributed by atoms with Gasteiger partial charge in [-0.2, -0.15) is 0 Å². The molecule has 0 bridgehead atoms. The highest BCUT2D eigenvalue weighted by molar-refractivity contribution is 6.30. The van der Waals surface area contributed by atoms with E-state index in [2.05, 4.69) is 15.6 Å². The Morgan fingerprint density at radius 3 is 2.36 bits per heavy atom. The van der Waals surface area contributed by atoms with Crippen LogP contribution in [-0.2, 0) is 12.0 Å². The highest BCUT2D eigenvalue weighted by atomic mass is 35.5. The minimum absolute atomic E-state index is 0.330. The molecule has 4 nitrogen and oxygen atoms in total. The van der Waals surface area contributed by atoms with Gasteiger partial charge in [0.2, 0.25) is 0 Å². The zero-order chi connectivity index (χ0) is 23.3. The first-order valence-electron chi connectivity index (χ1n) is 10.2. The Labute approximate surface area is 201 Å². The van der Waals surface area contributed by atoms with Gasteiger partial charge in [-0.05, 0) is 53.6 Å². The minimum Gasteiger partial charge on any atom is -0.322 e. The Bertz CT molecular complexity index is 1250. The van der Waals surface area contributed by atoms with Crippen LogP contribution in [0.2, 0.25) is 10.0 Å². The second-order valence-corrected chi connectivity index (χ2v) is 8.40. The van der Waals surface area contributed by atoms with E-state index in [0.717, 1.165) is 11.1 Å². The van der Waals surface area contributed by atoms with E-state index >= 15 is 0 Å². The van der Waals surface area contributed by atoms with Crippen molar-refractivity contribution in [2.75, 3.05) is 5.32 Å². The van der Waals surface area contributed by atoms with Gasteiger partial charge in [0.25, 0.3) is 0 Å². The van der Waals surface area contributed by atoms with Gasteiger partial charge < -0.3 is 10.6 Å². The Kier molecular flexibility index (Phi) is 6.92. The van der Waals surface area contributed by atoms with E-state index in [1.165, 1.54) is 24.4 Å². The molecule has 0 saturated carbocycles. The molecule has 0 aliphatic carbocycles. The first kappa shape index (κ1) is 22.8. The van der Waals surface area contributed by atoms with Gasteiger partial charge in [0.15, 0.2) is 0 Å². The molecule has 4 rings (SSSR count). The Morgan fingerprint density at radius 2 is 1.67 bits per heavy atom. The molecule has 7 heteroatoms. The zero-order valence-corrected chi connectivity index (χ0v) is 18.9. The lowest BCUT2D eigenvalue weighted by molar-refractivity contribution is 0.241. The molecule has 0 aliphatic heterocycles. The van der Waals surface area contributed by atoms with Crippen molar-refractivity contribution in [2.24, 2.45) is 0 Å². The molecule has 1 atom stereocenters. The fraction of sp³-hybridized carbons (Fsp3) is 0.0769. The standard InChI is InChI=1S/C26H20Cl2FN3O/c27-20-9-4-8-19(14-20)26(16-18-6-2-1-3-7-18,24-13-12-21(28)17-30-24)32-25(33)31-23-11-5-10-22(29)15-23/h1-15,17H,16H2,(H2,31,32,33). The average molecular weight is 480 g/mol. The normalized spacial score (nSPS) is 12.6. The fourth-order valence-electron chi connectivity index (χ4n) is 3.73. The van der Waals surface area contributed by atoms with E-state index in [4.69, 9.17) is 23.2 Å². The quantitative estimate of drug-likeness (QED) is 0.318. The summed E-state index contributed by atoms with van der Waals surface area (Å²) in [6.45, 7) is 0. The Hall–Kier alpha value is -3.41. The van der Waals surface area contributed by atoms with Crippen LogP contribution in [-0.4, -0.2) is 11.0 Å². The topological polar surface area (TPSA) is 54.0 Å². The Morgan fingerprint density at radius 1 is 0.879 bits per heavy atom. The van der Waals surface area contributed by atoms with Crippen molar-refractivity contribution < 1.29 is 9.18 Å². The van der Waals surface area contributed by atoms with E-state index in [1.54, 1.807) is 30.3 Å². The molecule has 0 saturated heterocycles. The molecule has 3 aromatic carbocycles. The van der Waals surface area contributed by atoms with Crippen LogP contribution in [0.4, 0.5) is 14.9 Å². The number of nitrogens with zero attached hydrogens (tertiary/aromatic N) is 1. The zero-order valence-electron chi connectivity index (χ0n) is 17.4. The second kappa shape index (κ2) is 10.0. The maximum Gasteiger partial charge on any atom is 0.320 e. The number of urea groups is 1. The number of amides is 2. The summed E-state index contributed by atoms with van der Waals surface area (Å²) < 4.78 is 13.6. The van der Waals surface area contributed by atoms with Gasteiger partial charge in [-0.15, -0.1) is 0 Å². The summed E-state index contributed by atoms with van der Waals surface area (Å²) in [5.41, 5.74) is 1.53. The number of hydrogen-bond acceptors (Lipinski definition) is 2. The molecular formula is C26H20Cl2FN3O. The molecule has 0 spiro atoms. The van der Waals surface area contributed by atoms with Crippen molar-refractivity contribution >= 4 is 34.9 Å². The first-order chi connectivity index (χ1) is 15.9. The molecule has 1 heterocycles. The largest absolute Gasteiger partial charge is 0.322 e. The summed E-state index contributed by atoms with van der Waals surface area (Å²) in [4.78, 5) is 17.7. The lowest BCUT2D eigenvalue weighted by Gasteiger charge is -2.35. The monoisotopic (exact) mass is 479 g/mol. The number of nitrogens with one attached hydrogen (secondary N) is 2. The summed E-state index contributed by atoms with van der Waals surface area (Å²) in [6.07, 6.45) is 1.92. The van der Waals surface area contributed by atoms with Crippen LogP contribution in [0.25, 0.3) is 0 Å². The van der Waals surface area contributed by atoms with Crippen molar-refractivity contribution in [1.82, 2.24) is 10.3 Å². The van der Waals surface area contributed by atoms with Crippen LogP contribution in [0.3, 0.4) is 0 Å². The van der Waals surface area contributed by atoms with Crippen molar-refractivity contribution in [3.05, 3.63) is 130 Å². The summed E-state index contributed by atoms with van der Waals surface area (Å²) >= 11 is 12.4. The minimum atomic E-state index is -1.09. The first-order valence-corrected chi connectivity index (χ1v) is 11.0. The van der Waals surface area contributed by atoms with Crippen LogP contribution >= 0.6 is 23.2 Å². The van der Waals surface area contributed by atoms with Crippen molar-refractivity contribution in [1.29, 1.82) is 0 Å². The SMILES string of the molecule is O=C(Nc1cccc(F)c1)NC(Cc1ccccc1)(c1cccc(Cl)c1)c1ccc(Cl)cn1. The Balaban J connectivity index is 1.82. The number of halogens is 3. The van der Waals surface area contributed by atoms with Crippen LogP contribution in [0.15, 0.2) is 97.2 Å². The molecule has 0 radical (unpaired) electrons. The molecule has 1 unspecified atom stereocenters. The van der Waals surface area contributed by atoms with Gasteiger partial charge in [-0.3, -0.25) is 4.98 Å². The van der Waals surface area contributed by atoms with Crippen molar-refractivity contribution in [3.63, 3.8) is 0 Å². The number of carbonyl (C=O) groups is 1. The van der Waals surface area contributed by atoms with Crippen LogP contribution in [0.1, 0.15) is 16.8 Å². The molecule has 0 fully saturated rings. The van der Waals surface area contributed by atoms with Crippen LogP contribution < -0.4 is 10.6 Å². The molecule has 33 heavy (non-hydrogen) atoms. The van der Waals surface area contributed by atoms with Gasteiger partial charge >= 0.3 is 6.03 Å². The number of carbonyl (C=O) groups excluding carboxylic acids is 1. The maximum atomic E-state index is 13.6. The van der Waals surface area contributed by atoms with E-state index < -0.39 is 17.4 Å². The second-order valence-electron chi connectivity index (χ2n) is 7.53. The molecule has 4 aromatic rings. The third-order valence-electron chi connectivity index (χ3n) is 5.20. The molecule has 2 amide bonds. The number of benzene rings is 3. The van der Waals surface area contributed by atoms with Gasteiger partial charge in [0.05, 0.1) is 10.7 Å². The molecule has 166 valence electrons.